The average molecular weight is 301 g/mol. The first-order chi connectivity index (χ1) is 10.3. The number of anilines is 1. The van der Waals surface area contributed by atoms with Gasteiger partial charge in [0.2, 0.25) is 5.78 Å². The van der Waals surface area contributed by atoms with Gasteiger partial charge in [-0.1, -0.05) is 39.0 Å². The predicted molar refractivity (Wildman–Crippen MR) is 85.0 cm³/mol. The Morgan fingerprint density at radius 2 is 1.91 bits per heavy atom. The number of hydrogen-bond acceptors (Lipinski definition) is 3. The number of nitrogens with zero attached hydrogens (tertiary/aromatic N) is 1. The molecule has 4 nitrogen and oxygen atoms in total. The molecule has 0 unspecified atom stereocenters. The summed E-state index contributed by atoms with van der Waals surface area (Å²) in [5.74, 6) is -0.695. The van der Waals surface area contributed by atoms with Crippen LogP contribution in [0.15, 0.2) is 24.3 Å². The number of likely N-dealkylation sites (N-methyl/N-ethyl adjacent to an activating group) is 1. The standard InChI is InChI=1S/C18H23NO3/c1-17(2,3)14-11-18(9-10-22-14)12-7-5-6-8-13(12)19(4)16(21)15(18)20/h5-8,14H,9-11H2,1-4H3/t14-,18-/m0/s1. The minimum atomic E-state index is -0.726. The Kier molecular flexibility index (Phi) is 3.40. The van der Waals surface area contributed by atoms with Crippen molar-refractivity contribution >= 4 is 17.4 Å². The number of ketones is 1. The molecule has 118 valence electrons. The molecule has 1 amide bonds. The second kappa shape index (κ2) is 4.92. The second-order valence-corrected chi connectivity index (χ2v) is 7.47. The molecule has 3 rings (SSSR count). The van der Waals surface area contributed by atoms with Crippen molar-refractivity contribution in [1.29, 1.82) is 0 Å². The number of rotatable bonds is 0. The van der Waals surface area contributed by atoms with Crippen LogP contribution in [0.4, 0.5) is 5.69 Å². The molecule has 0 aliphatic carbocycles. The molecule has 0 saturated carbocycles. The number of benzene rings is 1. The monoisotopic (exact) mass is 301 g/mol. The van der Waals surface area contributed by atoms with Gasteiger partial charge in [-0.15, -0.1) is 0 Å². The van der Waals surface area contributed by atoms with Gasteiger partial charge in [0.25, 0.3) is 5.91 Å². The first-order valence-corrected chi connectivity index (χ1v) is 7.81. The van der Waals surface area contributed by atoms with Gasteiger partial charge in [0.1, 0.15) is 0 Å². The average Bonchev–Trinajstić information content (AvgIpc) is 2.51. The summed E-state index contributed by atoms with van der Waals surface area (Å²) in [6.45, 7) is 6.86. The van der Waals surface area contributed by atoms with Crippen LogP contribution in [0, 0.1) is 5.41 Å². The van der Waals surface area contributed by atoms with Crippen LogP contribution in [0.1, 0.15) is 39.2 Å². The normalized spacial score (nSPS) is 28.9. The Morgan fingerprint density at radius 1 is 1.23 bits per heavy atom. The topological polar surface area (TPSA) is 46.6 Å². The van der Waals surface area contributed by atoms with E-state index in [2.05, 4.69) is 20.8 Å². The fraction of sp³-hybridized carbons (Fsp3) is 0.556. The zero-order valence-corrected chi connectivity index (χ0v) is 13.7. The number of ether oxygens (including phenoxy) is 1. The third-order valence-corrected chi connectivity index (χ3v) is 5.06. The molecular weight excluding hydrogens is 278 g/mol. The predicted octanol–water partition coefficient (Wildman–Crippen LogP) is 2.70. The summed E-state index contributed by atoms with van der Waals surface area (Å²) in [6.07, 6.45) is 1.12. The van der Waals surface area contributed by atoms with E-state index in [9.17, 15) is 9.59 Å². The third kappa shape index (κ3) is 2.09. The lowest BCUT2D eigenvalue weighted by Crippen LogP contribution is -2.56. The number of para-hydroxylation sites is 1. The molecule has 1 fully saturated rings. The molecule has 0 aromatic heterocycles. The van der Waals surface area contributed by atoms with Gasteiger partial charge in [-0.05, 0) is 29.9 Å². The molecule has 0 N–H and O–H groups in total. The molecule has 2 aliphatic heterocycles. The van der Waals surface area contributed by atoms with Gasteiger partial charge in [0.05, 0.1) is 11.5 Å². The lowest BCUT2D eigenvalue weighted by atomic mass is 9.64. The number of fused-ring (bicyclic) bond motifs is 2. The van der Waals surface area contributed by atoms with Crippen LogP contribution in [-0.4, -0.2) is 31.4 Å². The largest absolute Gasteiger partial charge is 0.378 e. The highest BCUT2D eigenvalue weighted by Gasteiger charge is 2.53. The fourth-order valence-electron chi connectivity index (χ4n) is 3.62. The van der Waals surface area contributed by atoms with E-state index in [-0.39, 0.29) is 17.3 Å². The van der Waals surface area contributed by atoms with Crippen molar-refractivity contribution in [3.8, 4) is 0 Å². The fourth-order valence-corrected chi connectivity index (χ4v) is 3.62. The molecule has 2 heterocycles. The Balaban J connectivity index is 2.14. The zero-order valence-electron chi connectivity index (χ0n) is 13.7. The molecule has 2 aliphatic rings. The van der Waals surface area contributed by atoms with E-state index in [0.29, 0.717) is 19.4 Å². The van der Waals surface area contributed by atoms with E-state index < -0.39 is 11.3 Å². The van der Waals surface area contributed by atoms with E-state index in [0.717, 1.165) is 11.3 Å². The molecule has 22 heavy (non-hydrogen) atoms. The Labute approximate surface area is 131 Å². The van der Waals surface area contributed by atoms with Crippen molar-refractivity contribution in [3.63, 3.8) is 0 Å². The van der Waals surface area contributed by atoms with Gasteiger partial charge < -0.3 is 9.64 Å². The summed E-state index contributed by atoms with van der Waals surface area (Å²) in [5.41, 5.74) is 1.03. The first-order valence-electron chi connectivity index (χ1n) is 7.81. The van der Waals surface area contributed by atoms with Crippen molar-refractivity contribution in [2.45, 2.75) is 45.1 Å². The quantitative estimate of drug-likeness (QED) is 0.692. The van der Waals surface area contributed by atoms with Gasteiger partial charge in [-0.3, -0.25) is 9.59 Å². The number of carbonyl (C=O) groups is 2. The molecule has 1 aromatic carbocycles. The lowest BCUT2D eigenvalue weighted by Gasteiger charge is -2.47. The van der Waals surface area contributed by atoms with Crippen LogP contribution in [-0.2, 0) is 19.7 Å². The van der Waals surface area contributed by atoms with Gasteiger partial charge in [-0.25, -0.2) is 0 Å². The molecule has 1 saturated heterocycles. The van der Waals surface area contributed by atoms with Crippen molar-refractivity contribution in [2.24, 2.45) is 5.41 Å². The minimum Gasteiger partial charge on any atom is -0.378 e. The summed E-state index contributed by atoms with van der Waals surface area (Å²) in [4.78, 5) is 26.8. The highest BCUT2D eigenvalue weighted by Crippen LogP contribution is 2.48. The lowest BCUT2D eigenvalue weighted by molar-refractivity contribution is -0.147. The van der Waals surface area contributed by atoms with E-state index >= 15 is 0 Å². The van der Waals surface area contributed by atoms with Crippen LogP contribution < -0.4 is 4.90 Å². The van der Waals surface area contributed by atoms with Crippen molar-refractivity contribution in [1.82, 2.24) is 0 Å². The van der Waals surface area contributed by atoms with E-state index in [1.54, 1.807) is 7.05 Å². The number of amides is 1. The van der Waals surface area contributed by atoms with Gasteiger partial charge in [0, 0.05) is 19.3 Å². The SMILES string of the molecule is CN1C(=O)C(=O)[C@]2(CCO[C@H](C(C)(C)C)C2)c2ccccc21. The summed E-state index contributed by atoms with van der Waals surface area (Å²) in [7, 11) is 1.67. The Bertz CT molecular complexity index is 631. The molecular formula is C18H23NO3. The summed E-state index contributed by atoms with van der Waals surface area (Å²) < 4.78 is 5.92. The van der Waals surface area contributed by atoms with E-state index in [1.165, 1.54) is 4.90 Å². The summed E-state index contributed by atoms with van der Waals surface area (Å²) >= 11 is 0. The molecule has 1 aromatic rings. The van der Waals surface area contributed by atoms with Crippen LogP contribution in [0.2, 0.25) is 0 Å². The number of carbonyl (C=O) groups excluding carboxylic acids is 2. The maximum Gasteiger partial charge on any atom is 0.295 e. The third-order valence-electron chi connectivity index (χ3n) is 5.06. The van der Waals surface area contributed by atoms with E-state index in [4.69, 9.17) is 4.74 Å². The Hall–Kier alpha value is -1.68. The molecule has 0 bridgehead atoms. The number of Topliss-reactive ketones (excluding diaryl/α,β-unsaturated/α-hetero) is 1. The maximum absolute atomic E-state index is 12.9. The summed E-state index contributed by atoms with van der Waals surface area (Å²) in [5, 5.41) is 0. The smallest absolute Gasteiger partial charge is 0.295 e. The van der Waals surface area contributed by atoms with Crippen molar-refractivity contribution in [3.05, 3.63) is 29.8 Å². The molecule has 4 heteroatoms. The minimum absolute atomic E-state index is 0.0329. The van der Waals surface area contributed by atoms with Crippen LogP contribution in [0.3, 0.4) is 0 Å². The van der Waals surface area contributed by atoms with Gasteiger partial charge in [0.15, 0.2) is 0 Å². The summed E-state index contributed by atoms with van der Waals surface area (Å²) in [6, 6.07) is 7.76. The van der Waals surface area contributed by atoms with Crippen LogP contribution >= 0.6 is 0 Å². The molecule has 2 atom stereocenters. The Morgan fingerprint density at radius 3 is 2.59 bits per heavy atom. The van der Waals surface area contributed by atoms with Gasteiger partial charge >= 0.3 is 0 Å². The van der Waals surface area contributed by atoms with Crippen molar-refractivity contribution in [2.75, 3.05) is 18.6 Å². The molecule has 1 spiro atoms. The molecule has 0 radical (unpaired) electrons. The zero-order chi connectivity index (χ0) is 16.1. The highest BCUT2D eigenvalue weighted by atomic mass is 16.5. The number of hydrogen-bond donors (Lipinski definition) is 0. The highest BCUT2D eigenvalue weighted by molar-refractivity contribution is 6.46. The first kappa shape index (κ1) is 15.2. The van der Waals surface area contributed by atoms with Crippen LogP contribution in [0.25, 0.3) is 0 Å². The van der Waals surface area contributed by atoms with Crippen LogP contribution in [0.5, 0.6) is 0 Å². The maximum atomic E-state index is 12.9. The van der Waals surface area contributed by atoms with E-state index in [1.807, 2.05) is 24.3 Å². The van der Waals surface area contributed by atoms with Gasteiger partial charge in [-0.2, -0.15) is 0 Å². The second-order valence-electron chi connectivity index (χ2n) is 7.47. The van der Waals surface area contributed by atoms with Crippen molar-refractivity contribution < 1.29 is 14.3 Å².